The molecule has 3 heterocycles. The zero-order chi connectivity index (χ0) is 23.2. The van der Waals surface area contributed by atoms with E-state index in [-0.39, 0.29) is 17.2 Å². The third-order valence-corrected chi connectivity index (χ3v) is 7.59. The van der Waals surface area contributed by atoms with E-state index in [0.717, 1.165) is 48.8 Å². The minimum absolute atomic E-state index is 0.0660. The molecular formula is C23H29N5O3S2. The van der Waals surface area contributed by atoms with Gasteiger partial charge in [-0.1, -0.05) is 42.2 Å². The molecule has 1 amide bonds. The van der Waals surface area contributed by atoms with E-state index in [2.05, 4.69) is 20.2 Å². The van der Waals surface area contributed by atoms with Crippen molar-refractivity contribution < 1.29 is 9.53 Å². The number of hydrogen-bond acceptors (Lipinski definition) is 8. The van der Waals surface area contributed by atoms with Crippen LogP contribution in [0.4, 0.5) is 5.13 Å². The second-order valence-electron chi connectivity index (χ2n) is 7.96. The standard InChI is InChI=1S/C23H29N5O3S2/c1-3-11-28-21(30)19-20(25-22(33-19)27-12-5-4-6-13-27)26-23(28)32-15-18(29)24-14-16-7-9-17(31-2)10-8-16/h7-10H,3-6,11-15H2,1-2H3,(H,24,29). The molecule has 1 fully saturated rings. The van der Waals surface area contributed by atoms with Gasteiger partial charge in [-0.05, 0) is 43.4 Å². The summed E-state index contributed by atoms with van der Waals surface area (Å²) in [5.74, 6) is 0.850. The van der Waals surface area contributed by atoms with Crippen molar-refractivity contribution in [3.63, 3.8) is 0 Å². The maximum absolute atomic E-state index is 13.2. The SMILES string of the molecule is CCCn1c(SCC(=O)NCc2ccc(OC)cc2)nc2nc(N3CCCCC3)sc2c1=O. The summed E-state index contributed by atoms with van der Waals surface area (Å²) in [6, 6.07) is 7.57. The van der Waals surface area contributed by atoms with Crippen LogP contribution in [0.15, 0.2) is 34.2 Å². The molecule has 0 unspecified atom stereocenters. The van der Waals surface area contributed by atoms with Crippen molar-refractivity contribution in [2.75, 3.05) is 30.9 Å². The second-order valence-corrected chi connectivity index (χ2v) is 9.88. The fourth-order valence-corrected chi connectivity index (χ4v) is 5.60. The van der Waals surface area contributed by atoms with Crippen LogP contribution in [0, 0.1) is 0 Å². The Morgan fingerprint density at radius 2 is 1.94 bits per heavy atom. The molecule has 1 aromatic carbocycles. The van der Waals surface area contributed by atoms with E-state index in [1.807, 2.05) is 31.2 Å². The Morgan fingerprint density at radius 1 is 1.18 bits per heavy atom. The van der Waals surface area contributed by atoms with E-state index in [1.165, 1.54) is 29.5 Å². The zero-order valence-corrected chi connectivity index (χ0v) is 20.6. The Morgan fingerprint density at radius 3 is 2.64 bits per heavy atom. The Balaban J connectivity index is 1.46. The lowest BCUT2D eigenvalue weighted by atomic mass is 10.1. The zero-order valence-electron chi connectivity index (χ0n) is 19.0. The Bertz CT molecular complexity index is 1150. The number of piperidine rings is 1. The maximum atomic E-state index is 13.2. The average molecular weight is 488 g/mol. The molecule has 33 heavy (non-hydrogen) atoms. The maximum Gasteiger partial charge on any atom is 0.273 e. The fourth-order valence-electron chi connectivity index (χ4n) is 3.75. The van der Waals surface area contributed by atoms with Gasteiger partial charge in [-0.2, -0.15) is 4.98 Å². The summed E-state index contributed by atoms with van der Waals surface area (Å²) < 4.78 is 7.43. The number of amides is 1. The van der Waals surface area contributed by atoms with E-state index < -0.39 is 0 Å². The van der Waals surface area contributed by atoms with E-state index in [1.54, 1.807) is 11.7 Å². The van der Waals surface area contributed by atoms with Crippen LogP contribution in [0.25, 0.3) is 10.3 Å². The summed E-state index contributed by atoms with van der Waals surface area (Å²) in [6.07, 6.45) is 4.35. The van der Waals surface area contributed by atoms with E-state index in [0.29, 0.717) is 28.6 Å². The van der Waals surface area contributed by atoms with Crippen LogP contribution in [0.3, 0.4) is 0 Å². The van der Waals surface area contributed by atoms with Crippen LogP contribution in [0.2, 0.25) is 0 Å². The largest absolute Gasteiger partial charge is 0.497 e. The molecule has 3 aromatic rings. The van der Waals surface area contributed by atoms with Crippen molar-refractivity contribution in [1.82, 2.24) is 19.9 Å². The number of thioether (sulfide) groups is 1. The topological polar surface area (TPSA) is 89.3 Å². The van der Waals surface area contributed by atoms with Crippen LogP contribution in [-0.2, 0) is 17.9 Å². The first-order chi connectivity index (χ1) is 16.1. The van der Waals surface area contributed by atoms with Gasteiger partial charge in [0.25, 0.3) is 5.56 Å². The summed E-state index contributed by atoms with van der Waals surface area (Å²) in [5, 5.41) is 4.34. The number of carbonyl (C=O) groups excluding carboxylic acids is 1. The van der Waals surface area contributed by atoms with Crippen molar-refractivity contribution in [3.8, 4) is 5.75 Å². The number of hydrogen-bond donors (Lipinski definition) is 1. The first kappa shape index (κ1) is 23.6. The number of carbonyl (C=O) groups is 1. The van der Waals surface area contributed by atoms with Gasteiger partial charge in [0, 0.05) is 26.2 Å². The Hall–Kier alpha value is -2.59. The lowest BCUT2D eigenvalue weighted by molar-refractivity contribution is -0.118. The van der Waals surface area contributed by atoms with Crippen LogP contribution < -0.4 is 20.5 Å². The first-order valence-electron chi connectivity index (χ1n) is 11.3. The lowest BCUT2D eigenvalue weighted by Crippen LogP contribution is -2.29. The first-order valence-corrected chi connectivity index (χ1v) is 13.1. The number of nitrogens with zero attached hydrogens (tertiary/aromatic N) is 4. The minimum atomic E-state index is -0.111. The summed E-state index contributed by atoms with van der Waals surface area (Å²) >= 11 is 2.71. The second kappa shape index (κ2) is 11.0. The highest BCUT2D eigenvalue weighted by Gasteiger charge is 2.20. The molecule has 176 valence electrons. The van der Waals surface area contributed by atoms with Gasteiger partial charge in [0.05, 0.1) is 12.9 Å². The Kier molecular flexibility index (Phi) is 7.87. The van der Waals surface area contributed by atoms with Crippen LogP contribution in [0.5, 0.6) is 5.75 Å². The van der Waals surface area contributed by atoms with Gasteiger partial charge < -0.3 is 15.0 Å². The van der Waals surface area contributed by atoms with Crippen molar-refractivity contribution in [2.24, 2.45) is 0 Å². The molecule has 1 aliphatic heterocycles. The molecule has 4 rings (SSSR count). The molecular weight excluding hydrogens is 458 g/mol. The Labute approximate surface area is 201 Å². The normalized spacial score (nSPS) is 13.9. The number of rotatable bonds is 9. The smallest absolute Gasteiger partial charge is 0.273 e. The molecule has 1 saturated heterocycles. The number of fused-ring (bicyclic) bond motifs is 1. The summed E-state index contributed by atoms with van der Waals surface area (Å²) in [6.45, 7) is 4.97. The van der Waals surface area contributed by atoms with Gasteiger partial charge in [-0.15, -0.1) is 0 Å². The third kappa shape index (κ3) is 5.67. The third-order valence-electron chi connectivity index (χ3n) is 5.52. The highest BCUT2D eigenvalue weighted by Crippen LogP contribution is 2.29. The van der Waals surface area contributed by atoms with Gasteiger partial charge in [0.15, 0.2) is 15.9 Å². The molecule has 2 aromatic heterocycles. The summed E-state index contributed by atoms with van der Waals surface area (Å²) in [5.41, 5.74) is 1.41. The molecule has 0 spiro atoms. The van der Waals surface area contributed by atoms with Crippen molar-refractivity contribution >= 4 is 44.5 Å². The highest BCUT2D eigenvalue weighted by molar-refractivity contribution is 7.99. The summed E-state index contributed by atoms with van der Waals surface area (Å²) in [4.78, 5) is 37.2. The predicted molar refractivity (Wildman–Crippen MR) is 134 cm³/mol. The molecule has 1 aliphatic rings. The molecule has 1 N–H and O–H groups in total. The molecule has 8 nitrogen and oxygen atoms in total. The average Bonchev–Trinajstić information content (AvgIpc) is 3.29. The molecule has 10 heteroatoms. The van der Waals surface area contributed by atoms with Crippen LogP contribution in [-0.4, -0.2) is 46.4 Å². The number of anilines is 1. The summed E-state index contributed by atoms with van der Waals surface area (Å²) in [7, 11) is 1.62. The van der Waals surface area contributed by atoms with Gasteiger partial charge in [0.1, 0.15) is 10.4 Å². The van der Waals surface area contributed by atoms with Gasteiger partial charge in [-0.25, -0.2) is 4.98 Å². The van der Waals surface area contributed by atoms with Gasteiger partial charge >= 0.3 is 0 Å². The van der Waals surface area contributed by atoms with Crippen LogP contribution in [0.1, 0.15) is 38.2 Å². The van der Waals surface area contributed by atoms with Crippen LogP contribution >= 0.6 is 23.1 Å². The molecule has 0 aliphatic carbocycles. The molecule has 0 saturated carbocycles. The van der Waals surface area contributed by atoms with Crippen molar-refractivity contribution in [2.45, 2.75) is 50.9 Å². The van der Waals surface area contributed by atoms with E-state index in [4.69, 9.17) is 4.74 Å². The fraction of sp³-hybridized carbons (Fsp3) is 0.478. The number of methoxy groups -OCH3 is 1. The monoisotopic (exact) mass is 487 g/mol. The van der Waals surface area contributed by atoms with Gasteiger partial charge in [0.2, 0.25) is 5.91 Å². The molecule has 0 atom stereocenters. The van der Waals surface area contributed by atoms with E-state index in [9.17, 15) is 9.59 Å². The number of ether oxygens (including phenoxy) is 1. The quantitative estimate of drug-likeness (QED) is 0.364. The number of nitrogens with one attached hydrogen (secondary N) is 1. The van der Waals surface area contributed by atoms with Crippen molar-refractivity contribution in [3.05, 3.63) is 40.2 Å². The van der Waals surface area contributed by atoms with Gasteiger partial charge in [-0.3, -0.25) is 14.2 Å². The minimum Gasteiger partial charge on any atom is -0.497 e. The lowest BCUT2D eigenvalue weighted by Gasteiger charge is -2.25. The number of aromatic nitrogens is 3. The predicted octanol–water partition coefficient (Wildman–Crippen LogP) is 3.67. The molecule has 0 radical (unpaired) electrons. The van der Waals surface area contributed by atoms with Crippen molar-refractivity contribution in [1.29, 1.82) is 0 Å². The number of thiazole rings is 1. The van der Waals surface area contributed by atoms with E-state index >= 15 is 0 Å². The number of benzene rings is 1. The molecule has 0 bridgehead atoms. The highest BCUT2D eigenvalue weighted by atomic mass is 32.2.